The number of aromatic nitrogens is 1. The van der Waals surface area contributed by atoms with E-state index in [9.17, 15) is 4.79 Å². The van der Waals surface area contributed by atoms with Crippen LogP contribution in [0.2, 0.25) is 0 Å². The Morgan fingerprint density at radius 2 is 2.27 bits per heavy atom. The van der Waals surface area contributed by atoms with Crippen molar-refractivity contribution in [1.82, 2.24) is 15.2 Å². The first-order valence-electron chi connectivity index (χ1n) is 8.02. The van der Waals surface area contributed by atoms with Gasteiger partial charge in [-0.2, -0.15) is 0 Å². The fourth-order valence-electron chi connectivity index (χ4n) is 3.40. The third kappa shape index (κ3) is 3.45. The molecule has 116 valence electrons. The highest BCUT2D eigenvalue weighted by Gasteiger charge is 2.22. The lowest BCUT2D eigenvalue weighted by atomic mass is 9.90. The Bertz CT molecular complexity index is 650. The summed E-state index contributed by atoms with van der Waals surface area (Å²) in [5, 5.41) is 3.97. The molecule has 0 aliphatic carbocycles. The van der Waals surface area contributed by atoms with Crippen LogP contribution in [-0.2, 0) is 11.2 Å². The number of amides is 1. The Labute approximate surface area is 131 Å². The number of carbonyl (C=O) groups is 1. The highest BCUT2D eigenvalue weighted by molar-refractivity contribution is 5.82. The van der Waals surface area contributed by atoms with Crippen molar-refractivity contribution in [3.63, 3.8) is 0 Å². The van der Waals surface area contributed by atoms with E-state index in [2.05, 4.69) is 39.5 Å². The van der Waals surface area contributed by atoms with Gasteiger partial charge in [0, 0.05) is 25.2 Å². The molecule has 22 heavy (non-hydrogen) atoms. The first-order valence-corrected chi connectivity index (χ1v) is 8.02. The van der Waals surface area contributed by atoms with Gasteiger partial charge in [0.25, 0.3) is 0 Å². The predicted molar refractivity (Wildman–Crippen MR) is 88.7 cm³/mol. The van der Waals surface area contributed by atoms with Crippen molar-refractivity contribution in [2.75, 3.05) is 26.7 Å². The average molecular weight is 297 g/mol. The Morgan fingerprint density at radius 1 is 1.36 bits per heavy atom. The third-order valence-electron chi connectivity index (χ3n) is 4.49. The number of likely N-dealkylation sites (N-methyl/N-ethyl adjacent to an activating group) is 1. The minimum Gasteiger partial charge on any atom is -0.358 e. The van der Waals surface area contributed by atoms with Crippen molar-refractivity contribution < 1.29 is 4.79 Å². The molecule has 1 aromatic heterocycles. The molecule has 0 saturated carbocycles. The highest BCUT2D eigenvalue weighted by atomic mass is 16.1. The van der Waals surface area contributed by atoms with Crippen molar-refractivity contribution >= 4 is 16.8 Å². The van der Waals surface area contributed by atoms with E-state index in [0.717, 1.165) is 25.0 Å². The third-order valence-corrected chi connectivity index (χ3v) is 4.49. The summed E-state index contributed by atoms with van der Waals surface area (Å²) in [5.74, 6) is 0.722. The number of fused-ring (bicyclic) bond motifs is 1. The summed E-state index contributed by atoms with van der Waals surface area (Å²) in [5.41, 5.74) is 2.44. The van der Waals surface area contributed by atoms with Gasteiger partial charge in [-0.1, -0.05) is 18.2 Å². The van der Waals surface area contributed by atoms with Crippen molar-refractivity contribution in [3.05, 3.63) is 42.1 Å². The molecule has 2 heterocycles. The number of likely N-dealkylation sites (tertiary alicyclic amines) is 1. The summed E-state index contributed by atoms with van der Waals surface area (Å²) in [7, 11) is 1.70. The molecule has 1 unspecified atom stereocenters. The lowest BCUT2D eigenvalue weighted by Gasteiger charge is -2.32. The number of benzene rings is 1. The maximum Gasteiger partial charge on any atom is 0.233 e. The number of pyridine rings is 1. The van der Waals surface area contributed by atoms with Gasteiger partial charge in [-0.25, -0.2) is 0 Å². The second-order valence-electron chi connectivity index (χ2n) is 6.11. The van der Waals surface area contributed by atoms with Gasteiger partial charge >= 0.3 is 0 Å². The molecule has 4 nitrogen and oxygen atoms in total. The Morgan fingerprint density at radius 3 is 3.14 bits per heavy atom. The normalized spacial score (nSPS) is 19.2. The molecule has 1 fully saturated rings. The largest absolute Gasteiger partial charge is 0.358 e. The molecule has 1 amide bonds. The Balaban J connectivity index is 1.70. The molecule has 3 rings (SSSR count). The van der Waals surface area contributed by atoms with Gasteiger partial charge in [0.1, 0.15) is 0 Å². The monoisotopic (exact) mass is 297 g/mol. The zero-order chi connectivity index (χ0) is 15.4. The molecule has 0 spiro atoms. The van der Waals surface area contributed by atoms with E-state index >= 15 is 0 Å². The predicted octanol–water partition coefficient (Wildman–Crippen LogP) is 2.24. The number of nitrogens with zero attached hydrogens (tertiary/aromatic N) is 2. The molecule has 1 aromatic carbocycles. The Hall–Kier alpha value is -1.94. The van der Waals surface area contributed by atoms with Crippen LogP contribution >= 0.6 is 0 Å². The Kier molecular flexibility index (Phi) is 4.68. The van der Waals surface area contributed by atoms with Crippen molar-refractivity contribution in [1.29, 1.82) is 0 Å². The summed E-state index contributed by atoms with van der Waals surface area (Å²) >= 11 is 0. The average Bonchev–Trinajstić information content (AvgIpc) is 2.55. The van der Waals surface area contributed by atoms with E-state index in [1.54, 1.807) is 7.05 Å². The number of hydrogen-bond donors (Lipinski definition) is 1. The van der Waals surface area contributed by atoms with Crippen LogP contribution < -0.4 is 5.32 Å². The first kappa shape index (κ1) is 15.0. The molecule has 1 saturated heterocycles. The van der Waals surface area contributed by atoms with Gasteiger partial charge in [-0.05, 0) is 49.4 Å². The van der Waals surface area contributed by atoms with Crippen LogP contribution in [-0.4, -0.2) is 42.5 Å². The summed E-state index contributed by atoms with van der Waals surface area (Å²) in [6, 6.07) is 10.5. The van der Waals surface area contributed by atoms with Crippen molar-refractivity contribution in [2.24, 2.45) is 5.92 Å². The molecule has 0 radical (unpaired) electrons. The second-order valence-corrected chi connectivity index (χ2v) is 6.11. The lowest BCUT2D eigenvalue weighted by Crippen LogP contribution is -2.42. The van der Waals surface area contributed by atoms with Gasteiger partial charge in [-0.3, -0.25) is 14.7 Å². The maximum absolute atomic E-state index is 11.6. The van der Waals surface area contributed by atoms with E-state index in [1.165, 1.54) is 23.8 Å². The number of piperidine rings is 1. The zero-order valence-corrected chi connectivity index (χ0v) is 13.1. The minimum atomic E-state index is 0.106. The van der Waals surface area contributed by atoms with E-state index in [-0.39, 0.29) is 5.91 Å². The molecule has 1 atom stereocenters. The van der Waals surface area contributed by atoms with Crippen LogP contribution in [0.4, 0.5) is 0 Å². The van der Waals surface area contributed by atoms with Crippen molar-refractivity contribution in [2.45, 2.75) is 19.3 Å². The quantitative estimate of drug-likeness (QED) is 0.941. The van der Waals surface area contributed by atoms with Crippen LogP contribution in [0.1, 0.15) is 18.4 Å². The molecule has 1 aliphatic rings. The van der Waals surface area contributed by atoms with E-state index < -0.39 is 0 Å². The molecule has 1 aliphatic heterocycles. The van der Waals surface area contributed by atoms with E-state index in [0.29, 0.717) is 12.5 Å². The van der Waals surface area contributed by atoms with Gasteiger partial charge in [0.2, 0.25) is 5.91 Å². The topological polar surface area (TPSA) is 45.2 Å². The van der Waals surface area contributed by atoms with Crippen LogP contribution in [0.15, 0.2) is 36.5 Å². The summed E-state index contributed by atoms with van der Waals surface area (Å²) < 4.78 is 0. The van der Waals surface area contributed by atoms with Crippen molar-refractivity contribution in [3.8, 4) is 0 Å². The summed E-state index contributed by atoms with van der Waals surface area (Å²) in [6.07, 6.45) is 5.32. The summed E-state index contributed by atoms with van der Waals surface area (Å²) in [6.45, 7) is 2.55. The molecular formula is C18H23N3O. The summed E-state index contributed by atoms with van der Waals surface area (Å²) in [4.78, 5) is 18.3. The molecular weight excluding hydrogens is 274 g/mol. The number of nitrogens with one attached hydrogen (secondary N) is 1. The standard InChI is InChI=1S/C18H23N3O/c1-19-18(22)13-21-10-4-5-14(12-21)11-15-6-2-8-17-16(15)7-3-9-20-17/h2-3,6-9,14H,4-5,10-13H2,1H3,(H,19,22). The van der Waals surface area contributed by atoms with Crippen LogP contribution in [0, 0.1) is 5.92 Å². The maximum atomic E-state index is 11.6. The number of hydrogen-bond acceptors (Lipinski definition) is 3. The molecule has 4 heteroatoms. The minimum absolute atomic E-state index is 0.106. The van der Waals surface area contributed by atoms with Gasteiger partial charge in [0.15, 0.2) is 0 Å². The SMILES string of the molecule is CNC(=O)CN1CCCC(Cc2cccc3ncccc23)C1. The fourth-order valence-corrected chi connectivity index (χ4v) is 3.40. The smallest absolute Gasteiger partial charge is 0.233 e. The van der Waals surface area contributed by atoms with Crippen LogP contribution in [0.25, 0.3) is 10.9 Å². The molecule has 1 N–H and O–H groups in total. The number of rotatable bonds is 4. The van der Waals surface area contributed by atoms with E-state index in [1.807, 2.05) is 12.3 Å². The first-order chi connectivity index (χ1) is 10.8. The molecule has 2 aromatic rings. The van der Waals surface area contributed by atoms with Gasteiger partial charge in [-0.15, -0.1) is 0 Å². The lowest BCUT2D eigenvalue weighted by molar-refractivity contribution is -0.122. The van der Waals surface area contributed by atoms with Crippen LogP contribution in [0.3, 0.4) is 0 Å². The second kappa shape index (κ2) is 6.88. The van der Waals surface area contributed by atoms with E-state index in [4.69, 9.17) is 0 Å². The zero-order valence-electron chi connectivity index (χ0n) is 13.1. The number of carbonyl (C=O) groups excluding carboxylic acids is 1. The van der Waals surface area contributed by atoms with Gasteiger partial charge in [0.05, 0.1) is 12.1 Å². The molecule has 0 bridgehead atoms. The fraction of sp³-hybridized carbons (Fsp3) is 0.444. The van der Waals surface area contributed by atoms with Gasteiger partial charge < -0.3 is 5.32 Å². The highest BCUT2D eigenvalue weighted by Crippen LogP contribution is 2.24. The van der Waals surface area contributed by atoms with Crippen LogP contribution in [0.5, 0.6) is 0 Å².